The predicted molar refractivity (Wildman–Crippen MR) is 95.2 cm³/mol. The van der Waals surface area contributed by atoms with Crippen LogP contribution in [0.15, 0.2) is 18.2 Å². The molecule has 3 heterocycles. The molecule has 3 aliphatic heterocycles. The van der Waals surface area contributed by atoms with Gasteiger partial charge in [-0.3, -0.25) is 24.6 Å². The molecule has 2 N–H and O–H groups in total. The number of fused-ring (bicyclic) bond motifs is 1. The van der Waals surface area contributed by atoms with Crippen molar-refractivity contribution in [2.75, 3.05) is 19.6 Å². The number of piperazine rings is 1. The number of amides is 3. The lowest BCUT2D eigenvalue weighted by Gasteiger charge is -2.32. The molecule has 8 nitrogen and oxygen atoms in total. The zero-order valence-electron chi connectivity index (χ0n) is 14.9. The van der Waals surface area contributed by atoms with Gasteiger partial charge in [0.15, 0.2) is 0 Å². The number of benzene rings is 1. The van der Waals surface area contributed by atoms with Gasteiger partial charge in [0.1, 0.15) is 12.1 Å². The Hall–Kier alpha value is -2.76. The molecule has 3 aliphatic rings. The van der Waals surface area contributed by atoms with Crippen LogP contribution in [-0.2, 0) is 22.7 Å². The van der Waals surface area contributed by atoms with E-state index >= 15 is 0 Å². The van der Waals surface area contributed by atoms with Gasteiger partial charge < -0.3 is 10.2 Å². The molecular weight excluding hydrogens is 346 g/mol. The van der Waals surface area contributed by atoms with Crippen molar-refractivity contribution < 1.29 is 14.4 Å². The van der Waals surface area contributed by atoms with Gasteiger partial charge in [0.05, 0.1) is 6.07 Å². The van der Waals surface area contributed by atoms with E-state index in [0.717, 1.165) is 24.2 Å². The Balaban J connectivity index is 1.57. The summed E-state index contributed by atoms with van der Waals surface area (Å²) in [5.74, 6) is -0.860. The smallest absolute Gasteiger partial charge is 0.255 e. The van der Waals surface area contributed by atoms with Crippen molar-refractivity contribution in [3.05, 3.63) is 34.9 Å². The highest BCUT2D eigenvalue weighted by Gasteiger charge is 2.40. The summed E-state index contributed by atoms with van der Waals surface area (Å²) in [6, 6.07) is 7.21. The zero-order valence-corrected chi connectivity index (χ0v) is 14.9. The Labute approximate surface area is 157 Å². The van der Waals surface area contributed by atoms with Gasteiger partial charge in [-0.15, -0.1) is 0 Å². The van der Waals surface area contributed by atoms with Crippen LogP contribution < -0.4 is 10.6 Å². The summed E-state index contributed by atoms with van der Waals surface area (Å²) in [4.78, 5) is 40.3. The number of carbonyl (C=O) groups is 3. The van der Waals surface area contributed by atoms with Gasteiger partial charge in [-0.05, 0) is 17.5 Å². The molecule has 0 bridgehead atoms. The molecule has 2 atom stereocenters. The largest absolute Gasteiger partial charge is 0.322 e. The molecule has 2 saturated heterocycles. The van der Waals surface area contributed by atoms with Crippen LogP contribution >= 0.6 is 0 Å². The van der Waals surface area contributed by atoms with E-state index in [0.29, 0.717) is 31.6 Å². The summed E-state index contributed by atoms with van der Waals surface area (Å²) in [5.41, 5.74) is 2.41. The van der Waals surface area contributed by atoms with Gasteiger partial charge in [0, 0.05) is 44.7 Å². The number of piperidine rings is 1. The zero-order chi connectivity index (χ0) is 19.0. The SMILES string of the molecule is N#CC1CNCCN1Cc1cccc2c1C(=O)N(C1CCC(=O)NC1=O)C2. The van der Waals surface area contributed by atoms with Crippen LogP contribution in [0, 0.1) is 11.3 Å². The van der Waals surface area contributed by atoms with E-state index in [4.69, 9.17) is 0 Å². The molecule has 0 radical (unpaired) electrons. The van der Waals surface area contributed by atoms with Crippen LogP contribution in [-0.4, -0.2) is 59.2 Å². The predicted octanol–water partition coefficient (Wildman–Crippen LogP) is -0.255. The van der Waals surface area contributed by atoms with Crippen molar-refractivity contribution in [3.63, 3.8) is 0 Å². The third kappa shape index (κ3) is 3.20. The lowest BCUT2D eigenvalue weighted by molar-refractivity contribution is -0.136. The minimum absolute atomic E-state index is 0.168. The van der Waals surface area contributed by atoms with E-state index in [1.807, 2.05) is 18.2 Å². The first-order valence-corrected chi connectivity index (χ1v) is 9.18. The maximum absolute atomic E-state index is 13.1. The normalized spacial score (nSPS) is 25.9. The maximum atomic E-state index is 13.1. The number of nitriles is 1. The van der Waals surface area contributed by atoms with E-state index in [1.54, 1.807) is 4.90 Å². The Morgan fingerprint density at radius 3 is 2.89 bits per heavy atom. The highest BCUT2D eigenvalue weighted by atomic mass is 16.2. The third-order valence-corrected chi connectivity index (χ3v) is 5.52. The number of rotatable bonds is 3. The van der Waals surface area contributed by atoms with Crippen molar-refractivity contribution in [1.82, 2.24) is 20.4 Å². The molecule has 2 unspecified atom stereocenters. The van der Waals surface area contributed by atoms with E-state index in [9.17, 15) is 19.6 Å². The van der Waals surface area contributed by atoms with Crippen molar-refractivity contribution >= 4 is 17.7 Å². The summed E-state index contributed by atoms with van der Waals surface area (Å²) >= 11 is 0. The number of nitrogens with one attached hydrogen (secondary N) is 2. The van der Waals surface area contributed by atoms with E-state index in [-0.39, 0.29) is 24.3 Å². The fourth-order valence-electron chi connectivity index (χ4n) is 4.10. The maximum Gasteiger partial charge on any atom is 0.255 e. The first-order valence-electron chi connectivity index (χ1n) is 9.18. The Bertz CT molecular complexity index is 846. The molecule has 2 fully saturated rings. The van der Waals surface area contributed by atoms with Gasteiger partial charge >= 0.3 is 0 Å². The Morgan fingerprint density at radius 1 is 1.26 bits per heavy atom. The first kappa shape index (κ1) is 17.6. The summed E-state index contributed by atoms with van der Waals surface area (Å²) in [6.45, 7) is 3.06. The van der Waals surface area contributed by atoms with Crippen LogP contribution in [0.4, 0.5) is 0 Å². The molecule has 0 saturated carbocycles. The van der Waals surface area contributed by atoms with Crippen molar-refractivity contribution in [2.24, 2.45) is 0 Å². The molecule has 0 aromatic heterocycles. The summed E-state index contributed by atoms with van der Waals surface area (Å²) in [7, 11) is 0. The quantitative estimate of drug-likeness (QED) is 0.714. The van der Waals surface area contributed by atoms with Crippen molar-refractivity contribution in [2.45, 2.75) is 38.0 Å². The average Bonchev–Trinajstić information content (AvgIpc) is 3.00. The fourth-order valence-corrected chi connectivity index (χ4v) is 4.10. The molecule has 140 valence electrons. The summed E-state index contributed by atoms with van der Waals surface area (Å²) in [5, 5.41) is 14.9. The minimum Gasteiger partial charge on any atom is -0.322 e. The number of imide groups is 1. The monoisotopic (exact) mass is 367 g/mol. The summed E-state index contributed by atoms with van der Waals surface area (Å²) in [6.07, 6.45) is 0.599. The molecule has 27 heavy (non-hydrogen) atoms. The number of nitrogens with zero attached hydrogens (tertiary/aromatic N) is 3. The Kier molecular flexibility index (Phi) is 4.64. The van der Waals surface area contributed by atoms with Crippen molar-refractivity contribution in [3.8, 4) is 6.07 Å². The molecule has 8 heteroatoms. The molecule has 1 aromatic carbocycles. The topological polar surface area (TPSA) is 106 Å². The van der Waals surface area contributed by atoms with E-state index < -0.39 is 11.9 Å². The molecule has 4 rings (SSSR count). The van der Waals surface area contributed by atoms with E-state index in [2.05, 4.69) is 21.6 Å². The molecular formula is C19H21N5O3. The van der Waals surface area contributed by atoms with Crippen LogP contribution in [0.3, 0.4) is 0 Å². The second-order valence-corrected chi connectivity index (χ2v) is 7.17. The van der Waals surface area contributed by atoms with Gasteiger partial charge in [-0.2, -0.15) is 5.26 Å². The Morgan fingerprint density at radius 2 is 2.11 bits per heavy atom. The number of carbonyl (C=O) groups excluding carboxylic acids is 3. The number of hydrogen-bond donors (Lipinski definition) is 2. The van der Waals surface area contributed by atoms with Crippen LogP contribution in [0.25, 0.3) is 0 Å². The van der Waals surface area contributed by atoms with Gasteiger partial charge in [0.25, 0.3) is 5.91 Å². The standard InChI is InChI=1S/C19H21N5O3/c20-8-14-9-21-6-7-23(14)10-12-2-1-3-13-11-24(19(27)17(12)13)15-4-5-16(25)22-18(15)26/h1-3,14-15,21H,4-7,9-11H2,(H,22,25,26). The number of hydrogen-bond acceptors (Lipinski definition) is 6. The second kappa shape index (κ2) is 7.10. The second-order valence-electron chi connectivity index (χ2n) is 7.17. The summed E-state index contributed by atoms with van der Waals surface area (Å²) < 4.78 is 0. The molecule has 3 amide bonds. The highest BCUT2D eigenvalue weighted by molar-refractivity contribution is 6.05. The minimum atomic E-state index is -0.610. The van der Waals surface area contributed by atoms with Gasteiger partial charge in [-0.25, -0.2) is 0 Å². The highest BCUT2D eigenvalue weighted by Crippen LogP contribution is 2.30. The van der Waals surface area contributed by atoms with E-state index in [1.165, 1.54) is 0 Å². The first-order chi connectivity index (χ1) is 13.1. The molecule has 0 spiro atoms. The lowest BCUT2D eigenvalue weighted by atomic mass is 10.0. The fraction of sp³-hybridized carbons (Fsp3) is 0.474. The van der Waals surface area contributed by atoms with Crippen LogP contribution in [0.1, 0.15) is 34.3 Å². The van der Waals surface area contributed by atoms with Gasteiger partial charge in [-0.1, -0.05) is 18.2 Å². The average molecular weight is 367 g/mol. The van der Waals surface area contributed by atoms with Crippen molar-refractivity contribution in [1.29, 1.82) is 5.26 Å². The molecule has 0 aliphatic carbocycles. The lowest BCUT2D eigenvalue weighted by Crippen LogP contribution is -2.52. The molecule has 1 aromatic rings. The van der Waals surface area contributed by atoms with Crippen LogP contribution in [0.5, 0.6) is 0 Å². The van der Waals surface area contributed by atoms with Crippen LogP contribution in [0.2, 0.25) is 0 Å². The van der Waals surface area contributed by atoms with Gasteiger partial charge in [0.2, 0.25) is 11.8 Å². The third-order valence-electron chi connectivity index (χ3n) is 5.52.